The predicted molar refractivity (Wildman–Crippen MR) is 186 cm³/mol. The van der Waals surface area contributed by atoms with Gasteiger partial charge in [-0.05, 0) is 70.6 Å². The van der Waals surface area contributed by atoms with Gasteiger partial charge in [-0.1, -0.05) is 137 Å². The van der Waals surface area contributed by atoms with E-state index in [1.807, 2.05) is 6.08 Å². The minimum absolute atomic E-state index is 0.210. The van der Waals surface area contributed by atoms with Crippen molar-refractivity contribution in [3.05, 3.63) is 85.1 Å². The van der Waals surface area contributed by atoms with Crippen LogP contribution in [-0.4, -0.2) is 37.0 Å². The fraction of sp³-hybridized carbons (Fsp3) is 0.615. The minimum atomic E-state index is -0.580. The molecular formula is C39H64O4. The molecule has 4 heteroatoms. The van der Waals surface area contributed by atoms with Gasteiger partial charge in [0.15, 0.2) is 0 Å². The Morgan fingerprint density at radius 2 is 1.05 bits per heavy atom. The molecule has 0 aliphatic rings. The van der Waals surface area contributed by atoms with E-state index in [0.717, 1.165) is 51.4 Å². The normalized spacial score (nSPS) is 13.5. The second-order valence-corrected chi connectivity index (χ2v) is 10.8. The van der Waals surface area contributed by atoms with Crippen LogP contribution in [0.1, 0.15) is 129 Å². The number of allylic oxidation sites excluding steroid dienone is 14. The van der Waals surface area contributed by atoms with E-state index >= 15 is 0 Å². The second-order valence-electron chi connectivity index (χ2n) is 10.8. The third-order valence-electron chi connectivity index (χ3n) is 6.72. The highest BCUT2D eigenvalue weighted by Gasteiger charge is 2.13. The number of hydrogen-bond acceptors (Lipinski definition) is 4. The number of rotatable bonds is 30. The van der Waals surface area contributed by atoms with Gasteiger partial charge in [0.05, 0.1) is 13.2 Å². The first-order valence-electron chi connectivity index (χ1n) is 17.2. The number of hydrogen-bond donors (Lipinski definition) is 1. The van der Waals surface area contributed by atoms with E-state index < -0.39 is 6.10 Å². The fourth-order valence-electron chi connectivity index (χ4n) is 4.16. The maximum atomic E-state index is 12.1. The quantitative estimate of drug-likeness (QED) is 0.0509. The van der Waals surface area contributed by atoms with Crippen molar-refractivity contribution < 1.29 is 19.4 Å². The first-order valence-corrected chi connectivity index (χ1v) is 17.2. The molecule has 0 aromatic carbocycles. The molecule has 1 N–H and O–H groups in total. The van der Waals surface area contributed by atoms with Crippen molar-refractivity contribution in [2.75, 3.05) is 19.8 Å². The summed E-state index contributed by atoms with van der Waals surface area (Å²) in [5.74, 6) is -0.289. The predicted octanol–water partition coefficient (Wildman–Crippen LogP) is 10.9. The Hall–Kier alpha value is -2.43. The van der Waals surface area contributed by atoms with Gasteiger partial charge in [0.2, 0.25) is 0 Å². The lowest BCUT2D eigenvalue weighted by molar-refractivity contribution is -0.154. The highest BCUT2D eigenvalue weighted by molar-refractivity contribution is 5.69. The van der Waals surface area contributed by atoms with Crippen molar-refractivity contribution in [2.45, 2.75) is 136 Å². The maximum absolute atomic E-state index is 12.1. The van der Waals surface area contributed by atoms with Gasteiger partial charge < -0.3 is 14.6 Å². The molecule has 0 aromatic rings. The van der Waals surface area contributed by atoms with E-state index in [9.17, 15) is 9.90 Å². The topological polar surface area (TPSA) is 55.8 Å². The van der Waals surface area contributed by atoms with Crippen LogP contribution in [-0.2, 0) is 14.3 Å². The Bertz CT molecular complexity index is 800. The van der Waals surface area contributed by atoms with Gasteiger partial charge in [-0.3, -0.25) is 4.79 Å². The van der Waals surface area contributed by atoms with Gasteiger partial charge in [0.25, 0.3) is 0 Å². The van der Waals surface area contributed by atoms with Crippen LogP contribution in [0.5, 0.6) is 0 Å². The van der Waals surface area contributed by atoms with Crippen molar-refractivity contribution in [2.24, 2.45) is 0 Å². The summed E-state index contributed by atoms with van der Waals surface area (Å²) in [5, 5.41) is 9.52. The van der Waals surface area contributed by atoms with E-state index in [0.29, 0.717) is 19.4 Å². The standard InChI is InChI=1S/C39H64O4/c1-3-5-7-9-11-13-15-17-18-19-20-21-22-23-24-26-28-30-32-34-39(41)43-38(36-40)37-42-35-33-31-29-27-25-16-14-12-10-8-6-4-2/h5,7,10-13,17-18,20-21,23-24,28,30,38,40H,3-4,6,8-9,14-16,19,22,25-27,29,31-37H2,1-2H3/b7-5-,12-10-,13-11-,18-17-,21-20-,24-23-,30-28-. The lowest BCUT2D eigenvalue weighted by atomic mass is 10.1. The monoisotopic (exact) mass is 596 g/mol. The van der Waals surface area contributed by atoms with Crippen molar-refractivity contribution >= 4 is 5.97 Å². The molecule has 0 radical (unpaired) electrons. The molecule has 244 valence electrons. The molecule has 0 aliphatic heterocycles. The summed E-state index contributed by atoms with van der Waals surface area (Å²) in [6, 6.07) is 0. The van der Waals surface area contributed by atoms with Crippen molar-refractivity contribution in [3.63, 3.8) is 0 Å². The van der Waals surface area contributed by atoms with Gasteiger partial charge in [-0.2, -0.15) is 0 Å². The summed E-state index contributed by atoms with van der Waals surface area (Å²) < 4.78 is 11.0. The SMILES string of the molecule is CC/C=C\C/C=C\C/C=C\C/C=C\C/C=C\C/C=C\CCC(=O)OC(CO)COCCCCCCCC/C=C\CCCC. The largest absolute Gasteiger partial charge is 0.457 e. The number of aliphatic hydroxyl groups is 1. The third kappa shape index (κ3) is 33.9. The Morgan fingerprint density at radius 3 is 1.58 bits per heavy atom. The Balaban J connectivity index is 3.67. The lowest BCUT2D eigenvalue weighted by Gasteiger charge is -2.15. The van der Waals surface area contributed by atoms with Crippen molar-refractivity contribution in [1.29, 1.82) is 0 Å². The molecule has 0 fully saturated rings. The van der Waals surface area contributed by atoms with E-state index in [1.165, 1.54) is 51.4 Å². The average Bonchev–Trinajstić information content (AvgIpc) is 3.01. The number of ether oxygens (including phenoxy) is 2. The van der Waals surface area contributed by atoms with Crippen LogP contribution < -0.4 is 0 Å². The van der Waals surface area contributed by atoms with Crippen LogP contribution in [0.3, 0.4) is 0 Å². The molecule has 0 bridgehead atoms. The van der Waals surface area contributed by atoms with Crippen molar-refractivity contribution in [3.8, 4) is 0 Å². The summed E-state index contributed by atoms with van der Waals surface area (Å²) in [4.78, 5) is 12.1. The number of aliphatic hydroxyl groups excluding tert-OH is 1. The Labute approximate surface area is 265 Å². The molecule has 0 saturated carbocycles. The zero-order valence-electron chi connectivity index (χ0n) is 27.7. The van der Waals surface area contributed by atoms with Gasteiger partial charge in [-0.25, -0.2) is 0 Å². The minimum Gasteiger partial charge on any atom is -0.457 e. The smallest absolute Gasteiger partial charge is 0.306 e. The number of carbonyl (C=O) groups excluding carboxylic acids is 1. The van der Waals surface area contributed by atoms with Crippen LogP contribution in [0.4, 0.5) is 0 Å². The molecule has 43 heavy (non-hydrogen) atoms. The third-order valence-corrected chi connectivity index (χ3v) is 6.72. The molecule has 4 nitrogen and oxygen atoms in total. The van der Waals surface area contributed by atoms with E-state index in [4.69, 9.17) is 9.47 Å². The summed E-state index contributed by atoms with van der Waals surface area (Å²) >= 11 is 0. The molecule has 0 spiro atoms. The van der Waals surface area contributed by atoms with Crippen LogP contribution >= 0.6 is 0 Å². The van der Waals surface area contributed by atoms with Gasteiger partial charge >= 0.3 is 5.97 Å². The van der Waals surface area contributed by atoms with E-state index in [-0.39, 0.29) is 19.2 Å². The van der Waals surface area contributed by atoms with Gasteiger partial charge in [0, 0.05) is 13.0 Å². The number of unbranched alkanes of at least 4 members (excludes halogenated alkanes) is 8. The van der Waals surface area contributed by atoms with Crippen molar-refractivity contribution in [1.82, 2.24) is 0 Å². The first-order chi connectivity index (χ1) is 21.2. The number of carbonyl (C=O) groups is 1. The van der Waals surface area contributed by atoms with E-state index in [1.54, 1.807) is 0 Å². The van der Waals surface area contributed by atoms with Gasteiger partial charge in [0.1, 0.15) is 6.10 Å². The fourth-order valence-corrected chi connectivity index (χ4v) is 4.16. The summed E-state index contributed by atoms with van der Waals surface area (Å²) in [5.41, 5.74) is 0. The summed E-state index contributed by atoms with van der Waals surface area (Å²) in [7, 11) is 0. The molecule has 0 heterocycles. The average molecular weight is 597 g/mol. The molecule has 0 aromatic heterocycles. The van der Waals surface area contributed by atoms with Gasteiger partial charge in [-0.15, -0.1) is 0 Å². The Kier molecular flexibility index (Phi) is 33.7. The zero-order valence-corrected chi connectivity index (χ0v) is 27.7. The first kappa shape index (κ1) is 40.6. The highest BCUT2D eigenvalue weighted by Crippen LogP contribution is 2.09. The summed E-state index contributed by atoms with van der Waals surface area (Å²) in [6.45, 7) is 5.08. The van der Waals surface area contributed by atoms with Crippen LogP contribution in [0.15, 0.2) is 85.1 Å². The molecule has 0 aliphatic carbocycles. The van der Waals surface area contributed by atoms with E-state index in [2.05, 4.69) is 92.8 Å². The van der Waals surface area contributed by atoms with Crippen LogP contribution in [0.25, 0.3) is 0 Å². The van der Waals surface area contributed by atoms with Crippen LogP contribution in [0, 0.1) is 0 Å². The molecule has 1 atom stereocenters. The summed E-state index contributed by atoms with van der Waals surface area (Å²) in [6.07, 6.45) is 49.1. The van der Waals surface area contributed by atoms with Crippen LogP contribution in [0.2, 0.25) is 0 Å². The maximum Gasteiger partial charge on any atom is 0.306 e. The highest BCUT2D eigenvalue weighted by atomic mass is 16.6. The lowest BCUT2D eigenvalue weighted by Crippen LogP contribution is -2.27. The molecule has 1 unspecified atom stereocenters. The zero-order chi connectivity index (χ0) is 31.3. The molecule has 0 rings (SSSR count). The molecule has 0 saturated heterocycles. The number of esters is 1. The Morgan fingerprint density at radius 1 is 0.581 bits per heavy atom. The molecular weight excluding hydrogens is 532 g/mol. The second kappa shape index (κ2) is 35.8. The molecule has 0 amide bonds.